The molecule has 0 aromatic carbocycles. The van der Waals surface area contributed by atoms with Crippen molar-refractivity contribution < 1.29 is 4.12 Å². The van der Waals surface area contributed by atoms with Crippen LogP contribution in [0.15, 0.2) is 0 Å². The Labute approximate surface area is 144 Å². The molecule has 0 spiro atoms. The average Bonchev–Trinajstić information content (AvgIpc) is 2.50. The maximum atomic E-state index is 7.19. The van der Waals surface area contributed by atoms with Gasteiger partial charge in [0.2, 0.25) is 0 Å². The van der Waals surface area contributed by atoms with E-state index >= 15 is 0 Å². The van der Waals surface area contributed by atoms with Crippen LogP contribution in [0, 0.1) is 0 Å². The molecule has 0 radical (unpaired) electrons. The molecule has 0 heterocycles. The second-order valence-electron chi connectivity index (χ2n) is 6.73. The molecule has 0 saturated carbocycles. The summed E-state index contributed by atoms with van der Waals surface area (Å²) in [4.78, 5) is 0. The lowest BCUT2D eigenvalue weighted by Gasteiger charge is -2.45. The molecule has 0 fully saturated rings. The van der Waals surface area contributed by atoms with Gasteiger partial charge in [-0.25, -0.2) is 0 Å². The lowest BCUT2D eigenvalue weighted by molar-refractivity contribution is 0.471. The summed E-state index contributed by atoms with van der Waals surface area (Å²) in [7, 11) is -4.70. The molecule has 0 aromatic heterocycles. The Bertz CT molecular complexity index is 254. The molecule has 21 heavy (non-hydrogen) atoms. The minimum atomic E-state index is -2.35. The summed E-state index contributed by atoms with van der Waals surface area (Å²) in [5.41, 5.74) is 1.75. The Kier molecular flexibility index (Phi) is 9.75. The molecule has 0 bridgehead atoms. The van der Waals surface area contributed by atoms with E-state index in [2.05, 4.69) is 55.4 Å². The van der Waals surface area contributed by atoms with Gasteiger partial charge in [0.15, 0.2) is 0 Å². The van der Waals surface area contributed by atoms with E-state index < -0.39 is 15.3 Å². The Morgan fingerprint density at radius 3 is 0.952 bits per heavy atom. The summed E-state index contributed by atoms with van der Waals surface area (Å²) in [5, 5.41) is 0. The molecule has 128 valence electrons. The smallest absolute Gasteiger partial charge is 0.286 e. The minimum absolute atomic E-state index is 0.438. The number of rotatable bonds is 10. The van der Waals surface area contributed by atoms with Crippen LogP contribution in [0.5, 0.6) is 0 Å². The van der Waals surface area contributed by atoms with E-state index in [1.165, 1.54) is 0 Å². The van der Waals surface area contributed by atoms with Crippen molar-refractivity contribution in [1.29, 1.82) is 0 Å². The largest absolute Gasteiger partial charge is 0.432 e. The third-order valence-electron chi connectivity index (χ3n) is 5.45. The van der Waals surface area contributed by atoms with Crippen molar-refractivity contribution in [2.45, 2.75) is 103 Å². The Morgan fingerprint density at radius 2 is 0.810 bits per heavy atom. The van der Waals surface area contributed by atoms with Gasteiger partial charge in [-0.15, -0.1) is 22.2 Å². The van der Waals surface area contributed by atoms with Gasteiger partial charge in [0.25, 0.3) is 15.3 Å². The van der Waals surface area contributed by atoms with Crippen molar-refractivity contribution in [2.75, 3.05) is 0 Å². The van der Waals surface area contributed by atoms with Crippen LogP contribution in [0.3, 0.4) is 0 Å². The molecule has 0 aromatic rings. The van der Waals surface area contributed by atoms with Crippen LogP contribution in [0.4, 0.5) is 0 Å². The molecule has 0 aliphatic rings. The van der Waals surface area contributed by atoms with Gasteiger partial charge < -0.3 is 4.12 Å². The van der Waals surface area contributed by atoms with Crippen LogP contribution in [0.1, 0.15) is 81.1 Å². The van der Waals surface area contributed by atoms with Crippen molar-refractivity contribution in [2.24, 2.45) is 0 Å². The Balaban J connectivity index is 5.61. The van der Waals surface area contributed by atoms with E-state index in [4.69, 9.17) is 26.3 Å². The summed E-state index contributed by atoms with van der Waals surface area (Å²) in [6.45, 7) is 17.9. The maximum Gasteiger partial charge on any atom is 0.286 e. The second kappa shape index (κ2) is 9.31. The Hall–Kier alpha value is 0.974. The molecule has 0 N–H and O–H groups in total. The molecule has 0 aliphatic heterocycles. The zero-order chi connectivity index (χ0) is 16.8. The molecule has 4 unspecified atom stereocenters. The number of hydrogen-bond donors (Lipinski definition) is 0. The standard InChI is InChI=1S/C16H36Cl2OSi2/c1-9-13(5)20(17,14(6)10-2)19-21(18,15(7)11-3)16(8)12-4/h13-16H,9-12H2,1-8H3. The molecule has 0 aliphatic carbocycles. The predicted octanol–water partition coefficient (Wildman–Crippen LogP) is 7.57. The minimum Gasteiger partial charge on any atom is -0.432 e. The third kappa shape index (κ3) is 4.97. The van der Waals surface area contributed by atoms with E-state index in [-0.39, 0.29) is 0 Å². The van der Waals surface area contributed by atoms with Crippen LogP contribution in [0.2, 0.25) is 22.2 Å². The monoisotopic (exact) mass is 370 g/mol. The SMILES string of the molecule is CCC(C)[Si](Cl)(O[Si](Cl)(C(C)CC)C(C)CC)C(C)CC. The van der Waals surface area contributed by atoms with Crippen LogP contribution < -0.4 is 0 Å². The van der Waals surface area contributed by atoms with Crippen molar-refractivity contribution in [1.82, 2.24) is 0 Å². The van der Waals surface area contributed by atoms with Gasteiger partial charge in [0, 0.05) is 0 Å². The first-order valence-corrected chi connectivity index (χ1v) is 14.9. The van der Waals surface area contributed by atoms with E-state index in [1.54, 1.807) is 0 Å². The van der Waals surface area contributed by atoms with Gasteiger partial charge in [-0.3, -0.25) is 0 Å². The van der Waals surface area contributed by atoms with Crippen molar-refractivity contribution in [3.63, 3.8) is 0 Å². The fraction of sp³-hybridized carbons (Fsp3) is 1.00. The first-order valence-electron chi connectivity index (χ1n) is 8.71. The normalized spacial score (nSPS) is 23.7. The second-order valence-corrected chi connectivity index (χ2v) is 17.8. The van der Waals surface area contributed by atoms with Crippen molar-refractivity contribution in [3.05, 3.63) is 0 Å². The van der Waals surface area contributed by atoms with E-state index in [0.29, 0.717) is 22.2 Å². The van der Waals surface area contributed by atoms with Gasteiger partial charge in [-0.1, -0.05) is 81.1 Å². The summed E-state index contributed by atoms with van der Waals surface area (Å²) in [6, 6.07) is 0. The van der Waals surface area contributed by atoms with Gasteiger partial charge in [-0.2, -0.15) is 0 Å². The fourth-order valence-corrected chi connectivity index (χ4v) is 16.5. The third-order valence-corrected chi connectivity index (χ3v) is 20.8. The zero-order valence-corrected chi connectivity index (χ0v) is 18.8. The average molecular weight is 372 g/mol. The van der Waals surface area contributed by atoms with Crippen LogP contribution in [-0.2, 0) is 4.12 Å². The van der Waals surface area contributed by atoms with Gasteiger partial charge in [0.05, 0.1) is 0 Å². The number of hydrogen-bond acceptors (Lipinski definition) is 1. The van der Waals surface area contributed by atoms with Crippen LogP contribution in [0.25, 0.3) is 0 Å². The molecule has 0 amide bonds. The zero-order valence-electron chi connectivity index (χ0n) is 15.3. The first kappa shape index (κ1) is 22.0. The highest BCUT2D eigenvalue weighted by Gasteiger charge is 2.53. The topological polar surface area (TPSA) is 9.23 Å². The van der Waals surface area contributed by atoms with Crippen molar-refractivity contribution >= 4 is 37.4 Å². The fourth-order valence-electron chi connectivity index (χ4n) is 2.73. The van der Waals surface area contributed by atoms with Gasteiger partial charge in [-0.05, 0) is 22.2 Å². The van der Waals surface area contributed by atoms with Crippen molar-refractivity contribution in [3.8, 4) is 0 Å². The molecule has 4 atom stereocenters. The molecule has 0 saturated heterocycles. The summed E-state index contributed by atoms with van der Waals surface area (Å²) >= 11 is 14.4. The van der Waals surface area contributed by atoms with Gasteiger partial charge >= 0.3 is 0 Å². The number of halogens is 2. The highest BCUT2D eigenvalue weighted by Crippen LogP contribution is 2.49. The highest BCUT2D eigenvalue weighted by molar-refractivity contribution is 7.27. The lowest BCUT2D eigenvalue weighted by Crippen LogP contribution is -2.53. The summed E-state index contributed by atoms with van der Waals surface area (Å²) in [6.07, 6.45) is 4.29. The van der Waals surface area contributed by atoms with E-state index in [9.17, 15) is 0 Å². The summed E-state index contributed by atoms with van der Waals surface area (Å²) in [5.74, 6) is 0. The molecular formula is C16H36Cl2OSi2. The predicted molar refractivity (Wildman–Crippen MR) is 103 cm³/mol. The molecule has 0 rings (SSSR count). The highest BCUT2D eigenvalue weighted by atomic mass is 35.6. The molecule has 5 heteroatoms. The molecule has 1 nitrogen and oxygen atoms in total. The molecular weight excluding hydrogens is 335 g/mol. The Morgan fingerprint density at radius 1 is 0.619 bits per heavy atom. The lowest BCUT2D eigenvalue weighted by atomic mass is 10.4. The maximum absolute atomic E-state index is 7.19. The van der Waals surface area contributed by atoms with Crippen LogP contribution in [-0.4, -0.2) is 15.3 Å². The first-order chi connectivity index (χ1) is 9.63. The van der Waals surface area contributed by atoms with E-state index in [0.717, 1.165) is 25.7 Å². The quantitative estimate of drug-likeness (QED) is 0.284. The van der Waals surface area contributed by atoms with Gasteiger partial charge in [0.1, 0.15) is 0 Å². The summed E-state index contributed by atoms with van der Waals surface area (Å²) < 4.78 is 6.84. The van der Waals surface area contributed by atoms with Crippen LogP contribution >= 0.6 is 22.2 Å². The van der Waals surface area contributed by atoms with E-state index in [1.807, 2.05) is 0 Å².